The van der Waals surface area contributed by atoms with Crippen molar-refractivity contribution in [2.75, 3.05) is 0 Å². The number of halogens is 1. The van der Waals surface area contributed by atoms with E-state index in [2.05, 4.69) is 0 Å². The molecule has 16 heavy (non-hydrogen) atoms. The van der Waals surface area contributed by atoms with Gasteiger partial charge in [0.05, 0.1) is 5.92 Å². The lowest BCUT2D eigenvalue weighted by Gasteiger charge is -2.09. The average molecular weight is 222 g/mol. The highest BCUT2D eigenvalue weighted by Gasteiger charge is 2.44. The summed E-state index contributed by atoms with van der Waals surface area (Å²) in [5.41, 5.74) is 0.568. The molecule has 3 heteroatoms. The topological polar surface area (TPSA) is 37.3 Å². The molecule has 1 aromatic carbocycles. The summed E-state index contributed by atoms with van der Waals surface area (Å²) in [5.74, 6) is -1.20. The van der Waals surface area contributed by atoms with Crippen molar-refractivity contribution >= 4 is 5.97 Å². The molecule has 0 bridgehead atoms. The molecule has 1 aromatic rings. The van der Waals surface area contributed by atoms with Crippen LogP contribution in [0, 0.1) is 5.92 Å². The minimum Gasteiger partial charge on any atom is -0.481 e. The van der Waals surface area contributed by atoms with Crippen LogP contribution in [0.2, 0.25) is 0 Å². The maximum Gasteiger partial charge on any atom is 0.306 e. The van der Waals surface area contributed by atoms with Gasteiger partial charge in [-0.25, -0.2) is 4.39 Å². The highest BCUT2D eigenvalue weighted by molar-refractivity contribution is 5.69. The van der Waals surface area contributed by atoms with Crippen molar-refractivity contribution in [1.29, 1.82) is 0 Å². The van der Waals surface area contributed by atoms with Gasteiger partial charge in [0, 0.05) is 0 Å². The van der Waals surface area contributed by atoms with Gasteiger partial charge in [0.1, 0.15) is 5.67 Å². The van der Waals surface area contributed by atoms with E-state index in [9.17, 15) is 9.18 Å². The molecule has 2 rings (SSSR count). The normalized spacial score (nSPS) is 19.1. The predicted octanol–water partition coefficient (Wildman–Crippen LogP) is 2.91. The number of carbonyl (C=O) groups is 1. The smallest absolute Gasteiger partial charge is 0.306 e. The largest absolute Gasteiger partial charge is 0.481 e. The van der Waals surface area contributed by atoms with Gasteiger partial charge in [-0.2, -0.15) is 0 Å². The molecule has 1 atom stereocenters. The number of aliphatic carboxylic acids is 1. The second-order valence-corrected chi connectivity index (χ2v) is 4.61. The molecule has 0 spiro atoms. The molecule has 0 amide bonds. The lowest BCUT2D eigenvalue weighted by atomic mass is 9.99. The Balaban J connectivity index is 2.05. The summed E-state index contributed by atoms with van der Waals surface area (Å²) < 4.78 is 13.7. The number of benzene rings is 1. The zero-order valence-electron chi connectivity index (χ0n) is 9.24. The van der Waals surface area contributed by atoms with Crippen molar-refractivity contribution in [2.45, 2.75) is 31.9 Å². The fraction of sp³-hybridized carbons (Fsp3) is 0.462. The Bertz CT molecular complexity index is 393. The Labute approximate surface area is 94.1 Å². The zero-order valence-corrected chi connectivity index (χ0v) is 9.24. The number of carboxylic acid groups (broad SMARTS) is 1. The molecule has 1 aliphatic carbocycles. The Kier molecular flexibility index (Phi) is 2.70. The van der Waals surface area contributed by atoms with Crippen molar-refractivity contribution in [3.05, 3.63) is 35.4 Å². The summed E-state index contributed by atoms with van der Waals surface area (Å²) in [6.07, 6.45) is 1.71. The first-order valence-electron chi connectivity index (χ1n) is 5.52. The van der Waals surface area contributed by atoms with Gasteiger partial charge in [-0.05, 0) is 30.4 Å². The zero-order chi connectivity index (χ0) is 11.8. The summed E-state index contributed by atoms with van der Waals surface area (Å²) in [4.78, 5) is 10.7. The van der Waals surface area contributed by atoms with Crippen LogP contribution in [0.15, 0.2) is 24.3 Å². The Morgan fingerprint density at radius 2 is 2.00 bits per heavy atom. The number of hydrogen-bond acceptors (Lipinski definition) is 1. The number of carboxylic acids is 1. The summed E-state index contributed by atoms with van der Waals surface area (Å²) in [6, 6.07) is 7.21. The SMILES string of the molecule is CC(Cc1ccc(C2(F)CC2)cc1)C(=O)O. The molecule has 0 radical (unpaired) electrons. The molecule has 2 nitrogen and oxygen atoms in total. The second kappa shape index (κ2) is 3.89. The molecular formula is C13H15FO2. The van der Waals surface area contributed by atoms with E-state index >= 15 is 0 Å². The molecule has 0 aromatic heterocycles. The summed E-state index contributed by atoms with van der Waals surface area (Å²) in [6.45, 7) is 1.67. The molecule has 0 saturated heterocycles. The van der Waals surface area contributed by atoms with Gasteiger partial charge in [-0.1, -0.05) is 31.2 Å². The number of rotatable bonds is 4. The number of hydrogen-bond donors (Lipinski definition) is 1. The van der Waals surface area contributed by atoms with Crippen molar-refractivity contribution in [1.82, 2.24) is 0 Å². The minimum absolute atomic E-state index is 0.397. The van der Waals surface area contributed by atoms with E-state index in [0.717, 1.165) is 11.1 Å². The first-order valence-corrected chi connectivity index (χ1v) is 5.52. The molecule has 0 aliphatic heterocycles. The number of alkyl halides is 1. The summed E-state index contributed by atoms with van der Waals surface area (Å²) in [5, 5.41) is 8.78. The monoisotopic (exact) mass is 222 g/mol. The Morgan fingerprint density at radius 3 is 2.44 bits per heavy atom. The van der Waals surface area contributed by atoms with Crippen LogP contribution in [0.25, 0.3) is 0 Å². The van der Waals surface area contributed by atoms with Crippen LogP contribution in [0.4, 0.5) is 4.39 Å². The second-order valence-electron chi connectivity index (χ2n) is 4.61. The Morgan fingerprint density at radius 1 is 1.44 bits per heavy atom. The molecule has 1 fully saturated rings. The lowest BCUT2D eigenvalue weighted by Crippen LogP contribution is -2.12. The third kappa shape index (κ3) is 2.23. The third-order valence-electron chi connectivity index (χ3n) is 3.12. The molecule has 1 saturated carbocycles. The van der Waals surface area contributed by atoms with Gasteiger partial charge >= 0.3 is 5.97 Å². The highest BCUT2D eigenvalue weighted by atomic mass is 19.1. The average Bonchev–Trinajstić information content (AvgIpc) is 2.98. The lowest BCUT2D eigenvalue weighted by molar-refractivity contribution is -0.141. The summed E-state index contributed by atoms with van der Waals surface area (Å²) in [7, 11) is 0. The molecule has 86 valence electrons. The van der Waals surface area contributed by atoms with Crippen molar-refractivity contribution in [3.8, 4) is 0 Å². The van der Waals surface area contributed by atoms with Crippen LogP contribution in [0.5, 0.6) is 0 Å². The van der Waals surface area contributed by atoms with Gasteiger partial charge < -0.3 is 5.11 Å². The standard InChI is InChI=1S/C13H15FO2/c1-9(12(15)16)8-10-2-4-11(5-3-10)13(14)6-7-13/h2-5,9H,6-8H2,1H3,(H,15,16). The van der Waals surface area contributed by atoms with E-state index in [4.69, 9.17) is 5.11 Å². The predicted molar refractivity (Wildman–Crippen MR) is 59.0 cm³/mol. The first-order chi connectivity index (χ1) is 7.51. The summed E-state index contributed by atoms with van der Waals surface area (Å²) >= 11 is 0. The van der Waals surface area contributed by atoms with Crippen LogP contribution >= 0.6 is 0 Å². The molecule has 1 N–H and O–H groups in total. The molecular weight excluding hydrogens is 207 g/mol. The molecule has 0 heterocycles. The van der Waals surface area contributed by atoms with Crippen molar-refractivity contribution in [3.63, 3.8) is 0 Å². The molecule has 1 unspecified atom stereocenters. The van der Waals surface area contributed by atoms with Gasteiger partial charge in [-0.15, -0.1) is 0 Å². The maximum absolute atomic E-state index is 13.7. The third-order valence-corrected chi connectivity index (χ3v) is 3.12. The van der Waals surface area contributed by atoms with Crippen LogP contribution in [-0.2, 0) is 16.9 Å². The highest BCUT2D eigenvalue weighted by Crippen LogP contribution is 2.49. The van der Waals surface area contributed by atoms with Crippen LogP contribution < -0.4 is 0 Å². The van der Waals surface area contributed by atoms with Crippen LogP contribution in [-0.4, -0.2) is 11.1 Å². The first kappa shape index (κ1) is 11.1. The van der Waals surface area contributed by atoms with Crippen molar-refractivity contribution in [2.24, 2.45) is 5.92 Å². The Hall–Kier alpha value is -1.38. The van der Waals surface area contributed by atoms with E-state index in [1.807, 2.05) is 12.1 Å². The van der Waals surface area contributed by atoms with E-state index in [-0.39, 0.29) is 0 Å². The van der Waals surface area contributed by atoms with Gasteiger partial charge in [0.15, 0.2) is 0 Å². The van der Waals surface area contributed by atoms with Gasteiger partial charge in [-0.3, -0.25) is 4.79 Å². The van der Waals surface area contributed by atoms with Gasteiger partial charge in [0.25, 0.3) is 0 Å². The van der Waals surface area contributed by atoms with Crippen molar-refractivity contribution < 1.29 is 14.3 Å². The fourth-order valence-electron chi connectivity index (χ4n) is 1.78. The van der Waals surface area contributed by atoms with E-state index < -0.39 is 17.6 Å². The van der Waals surface area contributed by atoms with E-state index in [1.165, 1.54) is 0 Å². The van der Waals surface area contributed by atoms with Gasteiger partial charge in [0.2, 0.25) is 0 Å². The van der Waals surface area contributed by atoms with E-state index in [0.29, 0.717) is 19.3 Å². The quantitative estimate of drug-likeness (QED) is 0.850. The van der Waals surface area contributed by atoms with Crippen LogP contribution in [0.3, 0.4) is 0 Å². The van der Waals surface area contributed by atoms with E-state index in [1.54, 1.807) is 19.1 Å². The molecule has 1 aliphatic rings. The fourth-order valence-corrected chi connectivity index (χ4v) is 1.78. The minimum atomic E-state index is -1.10. The van der Waals surface area contributed by atoms with Crippen LogP contribution in [0.1, 0.15) is 30.9 Å². The maximum atomic E-state index is 13.7.